The molecule has 3 heterocycles. The zero-order chi connectivity index (χ0) is 18.4. The Morgan fingerprint density at radius 2 is 2.11 bits per heavy atom. The Morgan fingerprint density at radius 3 is 2.89 bits per heavy atom. The summed E-state index contributed by atoms with van der Waals surface area (Å²) in [5, 5.41) is 13.1. The molecule has 3 rings (SSSR count). The quantitative estimate of drug-likeness (QED) is 0.288. The summed E-state index contributed by atoms with van der Waals surface area (Å²) < 4.78 is 2.36. The largest absolute Gasteiger partial charge is 0.356 e. The van der Waals surface area contributed by atoms with E-state index in [9.17, 15) is 0 Å². The monoisotopic (exact) mass is 506 g/mol. The molecule has 0 aromatic carbocycles. The number of aliphatic imine (C=N–C) groups is 1. The molecule has 0 saturated carbocycles. The van der Waals surface area contributed by atoms with Gasteiger partial charge in [-0.1, -0.05) is 20.3 Å². The third kappa shape index (κ3) is 6.24. The molecule has 0 aliphatic carbocycles. The second-order valence-electron chi connectivity index (χ2n) is 7.67. The van der Waals surface area contributed by atoms with Crippen molar-refractivity contribution in [3.8, 4) is 0 Å². The SMILES string of the molecule is CN=C(NCCCc1nnc2n1CCCCC2)N1CCSC(C(C)C)C1.I. The highest BCUT2D eigenvalue weighted by Crippen LogP contribution is 2.24. The molecular formula is C19H35IN6S. The van der Waals surface area contributed by atoms with Gasteiger partial charge in [0.05, 0.1) is 0 Å². The molecule has 0 amide bonds. The molecule has 1 unspecified atom stereocenters. The maximum atomic E-state index is 4.51. The average Bonchev–Trinajstić information content (AvgIpc) is 2.88. The summed E-state index contributed by atoms with van der Waals surface area (Å²) in [6.45, 7) is 8.85. The Morgan fingerprint density at radius 1 is 1.26 bits per heavy atom. The molecule has 1 N–H and O–H groups in total. The number of hydrogen-bond donors (Lipinski definition) is 1. The van der Waals surface area contributed by atoms with Crippen molar-refractivity contribution >= 4 is 41.7 Å². The average molecular weight is 507 g/mol. The minimum Gasteiger partial charge on any atom is -0.356 e. The van der Waals surface area contributed by atoms with Crippen LogP contribution in [-0.4, -0.2) is 63.3 Å². The normalized spacial score (nSPS) is 20.8. The molecular weight excluding hydrogens is 471 g/mol. The fraction of sp³-hybridized carbons (Fsp3) is 0.842. The first kappa shape index (κ1) is 22.8. The molecule has 2 aliphatic rings. The molecule has 0 radical (unpaired) electrons. The number of aryl methyl sites for hydroxylation is 2. The van der Waals surface area contributed by atoms with Crippen molar-refractivity contribution in [1.29, 1.82) is 0 Å². The van der Waals surface area contributed by atoms with E-state index in [2.05, 4.69) is 55.6 Å². The molecule has 1 aromatic rings. The fourth-order valence-corrected chi connectivity index (χ4v) is 5.08. The molecule has 0 spiro atoms. The molecule has 27 heavy (non-hydrogen) atoms. The first-order chi connectivity index (χ1) is 12.7. The van der Waals surface area contributed by atoms with Crippen LogP contribution in [0.25, 0.3) is 0 Å². The van der Waals surface area contributed by atoms with E-state index in [0.717, 1.165) is 57.2 Å². The number of hydrogen-bond acceptors (Lipinski definition) is 4. The maximum absolute atomic E-state index is 4.51. The molecule has 154 valence electrons. The van der Waals surface area contributed by atoms with Crippen molar-refractivity contribution in [3.05, 3.63) is 11.6 Å². The molecule has 8 heteroatoms. The number of guanidine groups is 1. The van der Waals surface area contributed by atoms with Crippen LogP contribution < -0.4 is 5.32 Å². The zero-order valence-corrected chi connectivity index (χ0v) is 20.1. The van der Waals surface area contributed by atoms with Crippen LogP contribution in [0.5, 0.6) is 0 Å². The smallest absolute Gasteiger partial charge is 0.193 e. The second kappa shape index (κ2) is 11.5. The summed E-state index contributed by atoms with van der Waals surface area (Å²) in [5.74, 6) is 5.30. The summed E-state index contributed by atoms with van der Waals surface area (Å²) in [7, 11) is 1.90. The van der Waals surface area contributed by atoms with Crippen LogP contribution in [0, 0.1) is 5.92 Å². The van der Waals surface area contributed by atoms with E-state index in [1.807, 2.05) is 7.05 Å². The van der Waals surface area contributed by atoms with E-state index in [4.69, 9.17) is 0 Å². The number of aromatic nitrogens is 3. The van der Waals surface area contributed by atoms with Gasteiger partial charge in [0.1, 0.15) is 11.6 Å². The zero-order valence-electron chi connectivity index (χ0n) is 17.0. The van der Waals surface area contributed by atoms with E-state index in [1.54, 1.807) is 0 Å². The first-order valence-electron chi connectivity index (χ1n) is 10.2. The number of nitrogens with one attached hydrogen (secondary N) is 1. The third-order valence-electron chi connectivity index (χ3n) is 5.39. The van der Waals surface area contributed by atoms with Crippen molar-refractivity contribution in [1.82, 2.24) is 25.0 Å². The molecule has 6 nitrogen and oxygen atoms in total. The van der Waals surface area contributed by atoms with Gasteiger partial charge in [-0.15, -0.1) is 34.2 Å². The summed E-state index contributed by atoms with van der Waals surface area (Å²) in [4.78, 5) is 6.93. The Bertz CT molecular complexity index is 603. The lowest BCUT2D eigenvalue weighted by atomic mass is 10.1. The van der Waals surface area contributed by atoms with Gasteiger partial charge in [-0.05, 0) is 25.2 Å². The van der Waals surface area contributed by atoms with E-state index in [0.29, 0.717) is 11.2 Å². The lowest BCUT2D eigenvalue weighted by Gasteiger charge is -2.36. The van der Waals surface area contributed by atoms with Gasteiger partial charge in [0.15, 0.2) is 5.96 Å². The Balaban J connectivity index is 0.00000261. The van der Waals surface area contributed by atoms with Crippen LogP contribution >= 0.6 is 35.7 Å². The van der Waals surface area contributed by atoms with Crippen LogP contribution in [0.1, 0.15) is 51.2 Å². The Labute approximate surface area is 185 Å². The number of fused-ring (bicyclic) bond motifs is 1. The van der Waals surface area contributed by atoms with E-state index in [-0.39, 0.29) is 24.0 Å². The van der Waals surface area contributed by atoms with Gasteiger partial charge in [-0.25, -0.2) is 0 Å². The van der Waals surface area contributed by atoms with Gasteiger partial charge in [0.25, 0.3) is 0 Å². The Kier molecular flexibility index (Phi) is 9.69. The van der Waals surface area contributed by atoms with Gasteiger partial charge in [0.2, 0.25) is 0 Å². The summed E-state index contributed by atoms with van der Waals surface area (Å²) in [6, 6.07) is 0. The minimum atomic E-state index is 0. The van der Waals surface area contributed by atoms with Gasteiger partial charge in [-0.3, -0.25) is 4.99 Å². The van der Waals surface area contributed by atoms with Gasteiger partial charge < -0.3 is 14.8 Å². The predicted molar refractivity (Wildman–Crippen MR) is 125 cm³/mol. The lowest BCUT2D eigenvalue weighted by molar-refractivity contribution is 0.380. The van der Waals surface area contributed by atoms with Crippen LogP contribution in [0.4, 0.5) is 0 Å². The summed E-state index contributed by atoms with van der Waals surface area (Å²) >= 11 is 2.10. The Hall–Kier alpha value is -0.510. The van der Waals surface area contributed by atoms with Crippen molar-refractivity contribution < 1.29 is 0 Å². The van der Waals surface area contributed by atoms with Crippen molar-refractivity contribution in [2.45, 2.75) is 64.2 Å². The molecule has 1 atom stereocenters. The fourth-order valence-electron chi connectivity index (χ4n) is 3.78. The highest BCUT2D eigenvalue weighted by Gasteiger charge is 2.24. The minimum absolute atomic E-state index is 0. The molecule has 1 fully saturated rings. The molecule has 1 saturated heterocycles. The topological polar surface area (TPSA) is 58.3 Å². The maximum Gasteiger partial charge on any atom is 0.193 e. The summed E-state index contributed by atoms with van der Waals surface area (Å²) in [5.41, 5.74) is 0. The van der Waals surface area contributed by atoms with E-state index in [1.165, 1.54) is 30.8 Å². The van der Waals surface area contributed by atoms with Crippen molar-refractivity contribution in [2.75, 3.05) is 32.4 Å². The molecule has 0 bridgehead atoms. The first-order valence-corrected chi connectivity index (χ1v) is 11.2. The van der Waals surface area contributed by atoms with Crippen LogP contribution in [0.2, 0.25) is 0 Å². The highest BCUT2D eigenvalue weighted by molar-refractivity contribution is 14.0. The van der Waals surface area contributed by atoms with Crippen LogP contribution in [0.15, 0.2) is 4.99 Å². The van der Waals surface area contributed by atoms with Crippen LogP contribution in [-0.2, 0) is 19.4 Å². The van der Waals surface area contributed by atoms with Gasteiger partial charge in [0, 0.05) is 57.1 Å². The number of halogens is 1. The number of rotatable bonds is 5. The number of nitrogens with zero attached hydrogens (tertiary/aromatic N) is 5. The predicted octanol–water partition coefficient (Wildman–Crippen LogP) is 3.20. The second-order valence-corrected chi connectivity index (χ2v) is 9.02. The van der Waals surface area contributed by atoms with E-state index >= 15 is 0 Å². The van der Waals surface area contributed by atoms with Gasteiger partial charge in [-0.2, -0.15) is 11.8 Å². The van der Waals surface area contributed by atoms with E-state index < -0.39 is 0 Å². The molecule has 1 aromatic heterocycles. The lowest BCUT2D eigenvalue weighted by Crippen LogP contribution is -2.49. The standard InChI is InChI=1S/C19H34N6S.HI/c1-15(2)16-14-24(12-13-26-16)19(20-3)21-10-7-9-18-23-22-17-8-5-4-6-11-25(17)18;/h15-16H,4-14H2,1-3H3,(H,20,21);1H. The van der Waals surface area contributed by atoms with Gasteiger partial charge >= 0.3 is 0 Å². The highest BCUT2D eigenvalue weighted by atomic mass is 127. The third-order valence-corrected chi connectivity index (χ3v) is 6.93. The van der Waals surface area contributed by atoms with Crippen molar-refractivity contribution in [3.63, 3.8) is 0 Å². The van der Waals surface area contributed by atoms with Crippen molar-refractivity contribution in [2.24, 2.45) is 10.9 Å². The molecule has 2 aliphatic heterocycles. The number of thioether (sulfide) groups is 1. The van der Waals surface area contributed by atoms with Crippen LogP contribution in [0.3, 0.4) is 0 Å². The summed E-state index contributed by atoms with van der Waals surface area (Å²) in [6.07, 6.45) is 6.96.